The molecule has 0 unspecified atom stereocenters. The van der Waals surface area contributed by atoms with Crippen LogP contribution in [0.3, 0.4) is 0 Å². The van der Waals surface area contributed by atoms with Crippen molar-refractivity contribution in [2.24, 2.45) is 0 Å². The number of amides is 1. The third-order valence-corrected chi connectivity index (χ3v) is 2.55. The molecule has 0 saturated carbocycles. The molecule has 0 aromatic heterocycles. The molecule has 4 nitrogen and oxygen atoms in total. The minimum absolute atomic E-state index is 0.0577. The predicted molar refractivity (Wildman–Crippen MR) is 64.3 cm³/mol. The zero-order valence-corrected chi connectivity index (χ0v) is 10.7. The van der Waals surface area contributed by atoms with Crippen molar-refractivity contribution < 1.29 is 14.6 Å². The fraction of sp³-hybridized carbons (Fsp3) is 0.364. The van der Waals surface area contributed by atoms with E-state index >= 15 is 0 Å². The maximum Gasteiger partial charge on any atom is 0.257 e. The van der Waals surface area contributed by atoms with E-state index in [1.165, 1.54) is 0 Å². The minimum atomic E-state index is -0.641. The van der Waals surface area contributed by atoms with Gasteiger partial charge in [-0.05, 0) is 25.1 Å². The Morgan fingerprint density at radius 3 is 2.88 bits per heavy atom. The number of rotatable bonds is 4. The molecule has 88 valence electrons. The second-order valence-corrected chi connectivity index (χ2v) is 4.24. The molecule has 0 aliphatic heterocycles. The normalized spacial score (nSPS) is 12.0. The second-order valence-electron chi connectivity index (χ2n) is 3.32. The Hall–Kier alpha value is -1.07. The quantitative estimate of drug-likeness (QED) is 0.885. The molecule has 1 rings (SSSR count). The van der Waals surface area contributed by atoms with Crippen LogP contribution in [0.2, 0.25) is 0 Å². The van der Waals surface area contributed by atoms with Crippen LogP contribution in [0.1, 0.15) is 18.6 Å². The summed E-state index contributed by atoms with van der Waals surface area (Å²) >= 11 is 3.31. The first-order valence-electron chi connectivity index (χ1n) is 4.85. The van der Waals surface area contributed by atoms with Gasteiger partial charge in [-0.3, -0.25) is 4.79 Å². The summed E-state index contributed by atoms with van der Waals surface area (Å²) in [4.78, 5) is 11.0. The fourth-order valence-corrected chi connectivity index (χ4v) is 1.57. The monoisotopic (exact) mass is 287 g/mol. The van der Waals surface area contributed by atoms with Crippen LogP contribution >= 0.6 is 15.9 Å². The summed E-state index contributed by atoms with van der Waals surface area (Å²) in [6.45, 7) is 1.59. The Bertz CT molecular complexity index is 379. The molecule has 16 heavy (non-hydrogen) atoms. The first-order valence-corrected chi connectivity index (χ1v) is 5.64. The van der Waals surface area contributed by atoms with Gasteiger partial charge in [-0.2, -0.15) is 0 Å². The van der Waals surface area contributed by atoms with Crippen molar-refractivity contribution in [3.8, 4) is 5.75 Å². The predicted octanol–water partition coefficient (Wildman–Crippen LogP) is 1.63. The molecule has 0 aliphatic carbocycles. The lowest BCUT2D eigenvalue weighted by atomic mass is 10.1. The van der Waals surface area contributed by atoms with Gasteiger partial charge in [0, 0.05) is 17.1 Å². The van der Waals surface area contributed by atoms with Crippen molar-refractivity contribution in [3.63, 3.8) is 0 Å². The van der Waals surface area contributed by atoms with Gasteiger partial charge >= 0.3 is 0 Å². The highest BCUT2D eigenvalue weighted by Crippen LogP contribution is 2.28. The molecule has 1 aromatic rings. The van der Waals surface area contributed by atoms with Crippen molar-refractivity contribution in [2.75, 3.05) is 13.7 Å². The number of hydrogen-bond donors (Lipinski definition) is 2. The van der Waals surface area contributed by atoms with Crippen LogP contribution in [-0.2, 0) is 4.79 Å². The second kappa shape index (κ2) is 5.86. The van der Waals surface area contributed by atoms with Crippen molar-refractivity contribution in [3.05, 3.63) is 28.2 Å². The Morgan fingerprint density at radius 1 is 1.62 bits per heavy atom. The number of aliphatic hydroxyl groups is 1. The van der Waals surface area contributed by atoms with Crippen LogP contribution in [0.25, 0.3) is 0 Å². The van der Waals surface area contributed by atoms with Gasteiger partial charge in [0.25, 0.3) is 5.91 Å². The average Bonchev–Trinajstić information content (AvgIpc) is 2.26. The number of hydrogen-bond acceptors (Lipinski definition) is 3. The topological polar surface area (TPSA) is 58.6 Å². The molecule has 1 aromatic carbocycles. The number of halogens is 1. The van der Waals surface area contributed by atoms with Crippen molar-refractivity contribution in [2.45, 2.75) is 13.0 Å². The Balaban J connectivity index is 2.82. The lowest BCUT2D eigenvalue weighted by Crippen LogP contribution is -2.25. The summed E-state index contributed by atoms with van der Waals surface area (Å²) in [6.07, 6.45) is -0.641. The number of benzene rings is 1. The molecule has 1 atom stereocenters. The van der Waals surface area contributed by atoms with Crippen LogP contribution in [0, 0.1) is 0 Å². The number of likely N-dealkylation sites (N-methyl/N-ethyl adjacent to an activating group) is 1. The number of aliphatic hydroxyl groups excluding tert-OH is 1. The summed E-state index contributed by atoms with van der Waals surface area (Å²) in [6, 6.07) is 5.28. The van der Waals surface area contributed by atoms with Gasteiger partial charge in [-0.15, -0.1) is 0 Å². The molecule has 0 bridgehead atoms. The summed E-state index contributed by atoms with van der Waals surface area (Å²) in [5, 5.41) is 12.0. The van der Waals surface area contributed by atoms with E-state index in [0.717, 1.165) is 4.47 Å². The summed E-state index contributed by atoms with van der Waals surface area (Å²) in [5.74, 6) is 0.307. The third kappa shape index (κ3) is 3.50. The molecule has 1 amide bonds. The number of nitrogens with one attached hydrogen (secondary N) is 1. The van der Waals surface area contributed by atoms with Gasteiger partial charge in [-0.25, -0.2) is 0 Å². The highest BCUT2D eigenvalue weighted by atomic mass is 79.9. The van der Waals surface area contributed by atoms with Crippen LogP contribution in [0.15, 0.2) is 22.7 Å². The van der Waals surface area contributed by atoms with E-state index in [1.807, 2.05) is 0 Å². The molecule has 5 heteroatoms. The fourth-order valence-electron chi connectivity index (χ4n) is 1.19. The van der Waals surface area contributed by atoms with Crippen LogP contribution < -0.4 is 10.1 Å². The van der Waals surface area contributed by atoms with E-state index in [2.05, 4.69) is 21.2 Å². The third-order valence-electron chi connectivity index (χ3n) is 2.06. The highest BCUT2D eigenvalue weighted by molar-refractivity contribution is 9.10. The van der Waals surface area contributed by atoms with Crippen molar-refractivity contribution in [1.29, 1.82) is 0 Å². The van der Waals surface area contributed by atoms with E-state index in [-0.39, 0.29) is 12.5 Å². The van der Waals surface area contributed by atoms with Gasteiger partial charge < -0.3 is 15.2 Å². The SMILES string of the molecule is CNC(=O)COc1ccc(Br)cc1[C@H](C)O. The van der Waals surface area contributed by atoms with E-state index < -0.39 is 6.10 Å². The summed E-state index contributed by atoms with van der Waals surface area (Å²) < 4.78 is 6.17. The van der Waals surface area contributed by atoms with Crippen molar-refractivity contribution >= 4 is 21.8 Å². The maximum absolute atomic E-state index is 11.0. The van der Waals surface area contributed by atoms with Gasteiger partial charge in [0.05, 0.1) is 6.10 Å². The zero-order chi connectivity index (χ0) is 12.1. The molecule has 2 N–H and O–H groups in total. The van der Waals surface area contributed by atoms with E-state index in [1.54, 1.807) is 32.2 Å². The van der Waals surface area contributed by atoms with E-state index in [0.29, 0.717) is 11.3 Å². The molecule has 0 spiro atoms. The van der Waals surface area contributed by atoms with Crippen LogP contribution in [0.4, 0.5) is 0 Å². The van der Waals surface area contributed by atoms with Gasteiger partial charge in [0.15, 0.2) is 6.61 Å². The largest absolute Gasteiger partial charge is 0.483 e. The Labute approximate surface area is 103 Å². The molecular weight excluding hydrogens is 274 g/mol. The molecule has 0 fully saturated rings. The highest BCUT2D eigenvalue weighted by Gasteiger charge is 2.10. The van der Waals surface area contributed by atoms with E-state index in [9.17, 15) is 9.90 Å². The zero-order valence-electron chi connectivity index (χ0n) is 9.16. The number of carbonyl (C=O) groups is 1. The standard InChI is InChI=1S/C11H14BrNO3/c1-7(14)9-5-8(12)3-4-10(9)16-6-11(15)13-2/h3-5,7,14H,6H2,1-2H3,(H,13,15)/t7-/m0/s1. The van der Waals surface area contributed by atoms with Crippen LogP contribution in [-0.4, -0.2) is 24.7 Å². The molecular formula is C11H14BrNO3. The first-order chi connectivity index (χ1) is 7.54. The maximum atomic E-state index is 11.0. The molecule has 0 saturated heterocycles. The summed E-state index contributed by atoms with van der Waals surface area (Å²) in [7, 11) is 1.54. The van der Waals surface area contributed by atoms with Gasteiger partial charge in [0.2, 0.25) is 0 Å². The molecule has 0 heterocycles. The number of ether oxygens (including phenoxy) is 1. The number of carbonyl (C=O) groups excluding carboxylic acids is 1. The smallest absolute Gasteiger partial charge is 0.257 e. The first kappa shape index (κ1) is 13.0. The van der Waals surface area contributed by atoms with Gasteiger partial charge in [0.1, 0.15) is 5.75 Å². The van der Waals surface area contributed by atoms with Crippen molar-refractivity contribution in [1.82, 2.24) is 5.32 Å². The lowest BCUT2D eigenvalue weighted by Gasteiger charge is -2.13. The average molecular weight is 288 g/mol. The van der Waals surface area contributed by atoms with Gasteiger partial charge in [-0.1, -0.05) is 15.9 Å². The molecule has 0 radical (unpaired) electrons. The molecule has 0 aliphatic rings. The summed E-state index contributed by atoms with van der Waals surface area (Å²) in [5.41, 5.74) is 0.651. The minimum Gasteiger partial charge on any atom is -0.483 e. The van der Waals surface area contributed by atoms with E-state index in [4.69, 9.17) is 4.74 Å². The Morgan fingerprint density at radius 2 is 2.31 bits per heavy atom. The Kier molecular flexibility index (Phi) is 4.76. The lowest BCUT2D eigenvalue weighted by molar-refractivity contribution is -0.122. The van der Waals surface area contributed by atoms with Crippen LogP contribution in [0.5, 0.6) is 5.75 Å².